The van der Waals surface area contributed by atoms with Crippen molar-refractivity contribution in [2.75, 3.05) is 11.8 Å². The monoisotopic (exact) mass is 341 g/mol. The van der Waals surface area contributed by atoms with E-state index in [0.29, 0.717) is 5.02 Å². The number of carbonyl (C=O) groups excluding carboxylic acids is 1. The summed E-state index contributed by atoms with van der Waals surface area (Å²) in [6, 6.07) is 9.58. The first-order valence-electron chi connectivity index (χ1n) is 6.04. The van der Waals surface area contributed by atoms with Gasteiger partial charge >= 0.3 is 5.97 Å². The first-order valence-corrected chi connectivity index (χ1v) is 7.90. The molecule has 0 aromatic heterocycles. The number of phenols is 1. The maximum atomic E-state index is 12.2. The van der Waals surface area contributed by atoms with Crippen LogP contribution in [-0.4, -0.2) is 26.6 Å². The number of carbonyl (C=O) groups is 1. The molecule has 0 atom stereocenters. The number of rotatable bonds is 4. The second-order valence-electron chi connectivity index (χ2n) is 4.25. The molecule has 8 heteroatoms. The molecule has 2 aromatic rings. The number of para-hydroxylation sites is 1. The van der Waals surface area contributed by atoms with Gasteiger partial charge in [-0.25, -0.2) is 13.2 Å². The summed E-state index contributed by atoms with van der Waals surface area (Å²) in [5, 5.41) is 10.4. The molecule has 0 aliphatic carbocycles. The molecule has 2 N–H and O–H groups in total. The standard InChI is InChI=1S/C14H12ClNO5S/c1-21-14(18)11-3-2-4-12(13(11)17)16-22(19,20)10-7-5-9(15)6-8-10/h2-8,16-17H,1H3. The highest BCUT2D eigenvalue weighted by atomic mass is 35.5. The van der Waals surface area contributed by atoms with E-state index in [1.54, 1.807) is 0 Å². The fourth-order valence-corrected chi connectivity index (χ4v) is 2.91. The van der Waals surface area contributed by atoms with Crippen LogP contribution in [0.25, 0.3) is 0 Å². The van der Waals surface area contributed by atoms with Gasteiger partial charge in [0.1, 0.15) is 5.56 Å². The van der Waals surface area contributed by atoms with Crippen molar-refractivity contribution >= 4 is 33.3 Å². The van der Waals surface area contributed by atoms with Crippen LogP contribution in [0.5, 0.6) is 5.75 Å². The van der Waals surface area contributed by atoms with Gasteiger partial charge in [-0.3, -0.25) is 4.72 Å². The predicted molar refractivity (Wildman–Crippen MR) is 81.7 cm³/mol. The van der Waals surface area contributed by atoms with Gasteiger partial charge in [-0.1, -0.05) is 17.7 Å². The Morgan fingerprint density at radius 2 is 1.82 bits per heavy atom. The van der Waals surface area contributed by atoms with Crippen LogP contribution in [0.3, 0.4) is 0 Å². The van der Waals surface area contributed by atoms with Crippen molar-refractivity contribution in [3.8, 4) is 5.75 Å². The third kappa shape index (κ3) is 3.32. The molecule has 0 bridgehead atoms. The molecular formula is C14H12ClNO5S. The van der Waals surface area contributed by atoms with E-state index in [1.807, 2.05) is 0 Å². The lowest BCUT2D eigenvalue weighted by Gasteiger charge is -2.11. The molecule has 0 heterocycles. The average molecular weight is 342 g/mol. The molecule has 0 saturated heterocycles. The fourth-order valence-electron chi connectivity index (χ4n) is 1.72. The first kappa shape index (κ1) is 16.1. The molecule has 0 aliphatic heterocycles. The number of hydrogen-bond acceptors (Lipinski definition) is 5. The third-order valence-electron chi connectivity index (χ3n) is 2.81. The number of ether oxygens (including phenoxy) is 1. The molecule has 0 saturated carbocycles. The van der Waals surface area contributed by atoms with E-state index in [4.69, 9.17) is 11.6 Å². The van der Waals surface area contributed by atoms with Crippen molar-refractivity contribution in [2.45, 2.75) is 4.90 Å². The van der Waals surface area contributed by atoms with E-state index in [-0.39, 0.29) is 16.1 Å². The quantitative estimate of drug-likeness (QED) is 0.658. The van der Waals surface area contributed by atoms with Crippen molar-refractivity contribution in [1.29, 1.82) is 0 Å². The van der Waals surface area contributed by atoms with Crippen molar-refractivity contribution < 1.29 is 23.1 Å². The Labute approximate surface area is 132 Å². The zero-order chi connectivity index (χ0) is 16.3. The largest absolute Gasteiger partial charge is 0.505 e. The smallest absolute Gasteiger partial charge is 0.341 e. The number of benzene rings is 2. The van der Waals surface area contributed by atoms with E-state index in [9.17, 15) is 18.3 Å². The summed E-state index contributed by atoms with van der Waals surface area (Å²) >= 11 is 5.71. The zero-order valence-electron chi connectivity index (χ0n) is 11.4. The molecule has 6 nitrogen and oxygen atoms in total. The van der Waals surface area contributed by atoms with E-state index in [1.165, 1.54) is 42.5 Å². The molecule has 0 radical (unpaired) electrons. The van der Waals surface area contributed by atoms with Gasteiger partial charge in [0.05, 0.1) is 17.7 Å². The van der Waals surface area contributed by atoms with Gasteiger partial charge < -0.3 is 9.84 Å². The minimum absolute atomic E-state index is 0.0280. The summed E-state index contributed by atoms with van der Waals surface area (Å²) in [4.78, 5) is 11.5. The Bertz CT molecular complexity index is 802. The zero-order valence-corrected chi connectivity index (χ0v) is 13.0. The molecule has 2 rings (SSSR count). The summed E-state index contributed by atoms with van der Waals surface area (Å²) in [5.74, 6) is -1.28. The van der Waals surface area contributed by atoms with E-state index < -0.39 is 21.7 Å². The average Bonchev–Trinajstić information content (AvgIpc) is 2.49. The second-order valence-corrected chi connectivity index (χ2v) is 6.37. The predicted octanol–water partition coefficient (Wildman–Crippen LogP) is 2.63. The summed E-state index contributed by atoms with van der Waals surface area (Å²) in [7, 11) is -2.76. The van der Waals surface area contributed by atoms with Gasteiger partial charge in [0.25, 0.3) is 10.0 Å². The molecule has 0 spiro atoms. The maximum absolute atomic E-state index is 12.2. The van der Waals surface area contributed by atoms with E-state index in [0.717, 1.165) is 7.11 Å². The minimum Gasteiger partial charge on any atom is -0.505 e. The molecule has 0 unspecified atom stereocenters. The van der Waals surface area contributed by atoms with Gasteiger partial charge in [-0.15, -0.1) is 0 Å². The van der Waals surface area contributed by atoms with Gasteiger partial charge in [0.15, 0.2) is 5.75 Å². The lowest BCUT2D eigenvalue weighted by molar-refractivity contribution is 0.0597. The molecule has 22 heavy (non-hydrogen) atoms. The lowest BCUT2D eigenvalue weighted by atomic mass is 10.2. The van der Waals surface area contributed by atoms with Crippen molar-refractivity contribution in [2.24, 2.45) is 0 Å². The SMILES string of the molecule is COC(=O)c1cccc(NS(=O)(=O)c2ccc(Cl)cc2)c1O. The minimum atomic E-state index is -3.92. The number of hydrogen-bond donors (Lipinski definition) is 2. The summed E-state index contributed by atoms with van der Waals surface area (Å²) in [6.45, 7) is 0. The van der Waals surface area contributed by atoms with E-state index >= 15 is 0 Å². The Kier molecular flexibility index (Phi) is 4.58. The molecule has 2 aromatic carbocycles. The molecule has 0 aliphatic rings. The van der Waals surface area contributed by atoms with Crippen molar-refractivity contribution in [3.05, 3.63) is 53.1 Å². The normalized spacial score (nSPS) is 11.0. The number of phenolic OH excluding ortho intramolecular Hbond substituents is 1. The number of esters is 1. The molecule has 0 fully saturated rings. The maximum Gasteiger partial charge on any atom is 0.341 e. The first-order chi connectivity index (χ1) is 10.3. The van der Waals surface area contributed by atoms with Gasteiger partial charge in [0, 0.05) is 5.02 Å². The number of halogens is 1. The Morgan fingerprint density at radius 3 is 2.41 bits per heavy atom. The molecule has 116 valence electrons. The van der Waals surface area contributed by atoms with Crippen LogP contribution in [0, 0.1) is 0 Å². The van der Waals surface area contributed by atoms with Gasteiger partial charge in [-0.05, 0) is 36.4 Å². The van der Waals surface area contributed by atoms with Crippen LogP contribution >= 0.6 is 11.6 Å². The van der Waals surface area contributed by atoms with Crippen LogP contribution in [0.4, 0.5) is 5.69 Å². The Balaban J connectivity index is 2.38. The van der Waals surface area contributed by atoms with Gasteiger partial charge in [0.2, 0.25) is 0 Å². The Hall–Kier alpha value is -2.25. The number of aromatic hydroxyl groups is 1. The molecule has 0 amide bonds. The van der Waals surface area contributed by atoms with Crippen LogP contribution in [0.1, 0.15) is 10.4 Å². The Morgan fingerprint density at radius 1 is 1.18 bits per heavy atom. The highest BCUT2D eigenvalue weighted by Gasteiger charge is 2.19. The number of methoxy groups -OCH3 is 1. The highest BCUT2D eigenvalue weighted by Crippen LogP contribution is 2.30. The molecular weight excluding hydrogens is 330 g/mol. The number of nitrogens with one attached hydrogen (secondary N) is 1. The number of anilines is 1. The summed E-state index contributed by atoms with van der Waals surface area (Å²) in [6.07, 6.45) is 0. The van der Waals surface area contributed by atoms with Crippen LogP contribution in [0.15, 0.2) is 47.4 Å². The summed E-state index contributed by atoms with van der Waals surface area (Å²) < 4.78 is 31.2. The third-order valence-corrected chi connectivity index (χ3v) is 4.44. The number of sulfonamides is 1. The summed E-state index contributed by atoms with van der Waals surface area (Å²) in [5.41, 5.74) is -0.267. The van der Waals surface area contributed by atoms with Crippen LogP contribution < -0.4 is 4.72 Å². The lowest BCUT2D eigenvalue weighted by Crippen LogP contribution is -2.13. The fraction of sp³-hybridized carbons (Fsp3) is 0.0714. The van der Waals surface area contributed by atoms with Gasteiger partial charge in [-0.2, -0.15) is 0 Å². The topological polar surface area (TPSA) is 92.7 Å². The van der Waals surface area contributed by atoms with Crippen molar-refractivity contribution in [3.63, 3.8) is 0 Å². The van der Waals surface area contributed by atoms with E-state index in [2.05, 4.69) is 9.46 Å². The second kappa shape index (κ2) is 6.25. The van der Waals surface area contributed by atoms with Crippen LogP contribution in [0.2, 0.25) is 5.02 Å². The van der Waals surface area contributed by atoms with Crippen LogP contribution in [-0.2, 0) is 14.8 Å². The highest BCUT2D eigenvalue weighted by molar-refractivity contribution is 7.92. The van der Waals surface area contributed by atoms with Crippen molar-refractivity contribution in [1.82, 2.24) is 0 Å².